The zero-order valence-electron chi connectivity index (χ0n) is 15.5. The van der Waals surface area contributed by atoms with E-state index in [2.05, 4.69) is 5.32 Å². The van der Waals surface area contributed by atoms with Gasteiger partial charge in [0.05, 0.1) is 0 Å². The van der Waals surface area contributed by atoms with Crippen molar-refractivity contribution in [3.8, 4) is 0 Å². The van der Waals surface area contributed by atoms with E-state index < -0.39 is 11.5 Å². The molecule has 8 nitrogen and oxygen atoms in total. The Bertz CT molecular complexity index is 712. The van der Waals surface area contributed by atoms with E-state index in [1.54, 1.807) is 18.0 Å². The summed E-state index contributed by atoms with van der Waals surface area (Å²) in [5.41, 5.74) is -0.749. The number of hydrogen-bond donors (Lipinski definition) is 1. The standard InChI is InChI=1S/C17H26N4O4/c1-17(2,3)25-16(24)21-10-8-20(9-11-21)13-7-6-12(14(22)18-4)15(23)19(13)5/h6-7H,8-11H2,1-5H3,(H,18,22). The van der Waals surface area contributed by atoms with Crippen molar-refractivity contribution < 1.29 is 14.3 Å². The van der Waals surface area contributed by atoms with Crippen LogP contribution >= 0.6 is 0 Å². The van der Waals surface area contributed by atoms with Crippen LogP contribution in [0.4, 0.5) is 10.6 Å². The molecule has 0 bridgehead atoms. The van der Waals surface area contributed by atoms with Gasteiger partial charge in [-0.3, -0.25) is 14.2 Å². The second-order valence-corrected chi connectivity index (χ2v) is 7.00. The Morgan fingerprint density at radius 1 is 1.12 bits per heavy atom. The van der Waals surface area contributed by atoms with Crippen LogP contribution in [-0.2, 0) is 11.8 Å². The van der Waals surface area contributed by atoms with Gasteiger partial charge in [-0.05, 0) is 32.9 Å². The fourth-order valence-electron chi connectivity index (χ4n) is 2.70. The Balaban J connectivity index is 2.09. The van der Waals surface area contributed by atoms with Gasteiger partial charge in [-0.1, -0.05) is 0 Å². The average Bonchev–Trinajstić information content (AvgIpc) is 2.55. The summed E-state index contributed by atoms with van der Waals surface area (Å²) in [7, 11) is 3.13. The summed E-state index contributed by atoms with van der Waals surface area (Å²) in [5, 5.41) is 2.46. The number of rotatable bonds is 2. The van der Waals surface area contributed by atoms with Gasteiger partial charge in [-0.15, -0.1) is 0 Å². The first-order valence-electron chi connectivity index (χ1n) is 8.29. The van der Waals surface area contributed by atoms with Crippen molar-refractivity contribution in [3.05, 3.63) is 28.0 Å². The molecule has 2 rings (SSSR count). The van der Waals surface area contributed by atoms with Gasteiger partial charge in [-0.25, -0.2) is 4.79 Å². The predicted molar refractivity (Wildman–Crippen MR) is 95.1 cm³/mol. The van der Waals surface area contributed by atoms with E-state index in [9.17, 15) is 14.4 Å². The number of nitrogens with zero attached hydrogens (tertiary/aromatic N) is 3. The maximum absolute atomic E-state index is 12.4. The van der Waals surface area contributed by atoms with Crippen LogP contribution in [0, 0.1) is 0 Å². The van der Waals surface area contributed by atoms with Crippen molar-refractivity contribution in [2.24, 2.45) is 7.05 Å². The molecule has 0 aliphatic carbocycles. The van der Waals surface area contributed by atoms with Gasteiger partial charge in [0.1, 0.15) is 17.0 Å². The van der Waals surface area contributed by atoms with Crippen molar-refractivity contribution >= 4 is 17.8 Å². The van der Waals surface area contributed by atoms with E-state index in [0.29, 0.717) is 26.2 Å². The third-order valence-electron chi connectivity index (χ3n) is 4.00. The number of nitrogens with one attached hydrogen (secondary N) is 1. The van der Waals surface area contributed by atoms with E-state index in [0.717, 1.165) is 5.82 Å². The maximum atomic E-state index is 12.4. The Morgan fingerprint density at radius 2 is 1.72 bits per heavy atom. The summed E-state index contributed by atoms with van der Waals surface area (Å²) >= 11 is 0. The Hall–Kier alpha value is -2.51. The molecule has 25 heavy (non-hydrogen) atoms. The van der Waals surface area contributed by atoms with E-state index in [-0.39, 0.29) is 17.2 Å². The highest BCUT2D eigenvalue weighted by Gasteiger charge is 2.27. The molecule has 1 N–H and O–H groups in total. The van der Waals surface area contributed by atoms with Gasteiger partial charge in [0, 0.05) is 40.3 Å². The number of amides is 2. The van der Waals surface area contributed by atoms with Gasteiger partial charge in [0.2, 0.25) is 0 Å². The van der Waals surface area contributed by atoms with Crippen molar-refractivity contribution in [2.75, 3.05) is 38.1 Å². The molecule has 0 atom stereocenters. The van der Waals surface area contributed by atoms with Gasteiger partial charge >= 0.3 is 6.09 Å². The minimum absolute atomic E-state index is 0.112. The summed E-state index contributed by atoms with van der Waals surface area (Å²) in [6.45, 7) is 7.72. The summed E-state index contributed by atoms with van der Waals surface area (Å²) < 4.78 is 6.85. The molecule has 0 radical (unpaired) electrons. The highest BCUT2D eigenvalue weighted by Crippen LogP contribution is 2.17. The number of anilines is 1. The normalized spacial score (nSPS) is 15.1. The number of carbonyl (C=O) groups is 2. The second-order valence-electron chi connectivity index (χ2n) is 7.00. The molecule has 138 valence electrons. The monoisotopic (exact) mass is 350 g/mol. The number of carbonyl (C=O) groups excluding carboxylic acids is 2. The number of ether oxygens (including phenoxy) is 1. The lowest BCUT2D eigenvalue weighted by Crippen LogP contribution is -2.51. The third-order valence-corrected chi connectivity index (χ3v) is 4.00. The molecule has 1 aromatic rings. The lowest BCUT2D eigenvalue weighted by atomic mass is 10.2. The molecule has 1 aliphatic heterocycles. The molecule has 0 aromatic carbocycles. The number of pyridine rings is 1. The first-order valence-corrected chi connectivity index (χ1v) is 8.29. The molecule has 0 unspecified atom stereocenters. The second kappa shape index (κ2) is 7.16. The van der Waals surface area contributed by atoms with Crippen LogP contribution in [0.3, 0.4) is 0 Å². The molecular weight excluding hydrogens is 324 g/mol. The third kappa shape index (κ3) is 4.32. The Labute approximate surface area is 147 Å². The van der Waals surface area contributed by atoms with Crippen LogP contribution in [0.2, 0.25) is 0 Å². The molecular formula is C17H26N4O4. The van der Waals surface area contributed by atoms with Crippen LogP contribution < -0.4 is 15.8 Å². The minimum atomic E-state index is -0.520. The smallest absolute Gasteiger partial charge is 0.410 e. The van der Waals surface area contributed by atoms with Gasteiger partial charge < -0.3 is 19.9 Å². The fraction of sp³-hybridized carbons (Fsp3) is 0.588. The van der Waals surface area contributed by atoms with E-state index in [4.69, 9.17) is 4.74 Å². The van der Waals surface area contributed by atoms with Gasteiger partial charge in [0.25, 0.3) is 11.5 Å². The van der Waals surface area contributed by atoms with Crippen LogP contribution in [0.25, 0.3) is 0 Å². The Kier molecular flexibility index (Phi) is 5.39. The minimum Gasteiger partial charge on any atom is -0.444 e. The van der Waals surface area contributed by atoms with Crippen molar-refractivity contribution in [2.45, 2.75) is 26.4 Å². The molecule has 1 aromatic heterocycles. The van der Waals surface area contributed by atoms with Crippen LogP contribution in [-0.4, -0.2) is 60.3 Å². The lowest BCUT2D eigenvalue weighted by Gasteiger charge is -2.37. The summed E-state index contributed by atoms with van der Waals surface area (Å²) in [6.07, 6.45) is -0.323. The quantitative estimate of drug-likeness (QED) is 0.853. The van der Waals surface area contributed by atoms with E-state index in [1.807, 2.05) is 25.7 Å². The average molecular weight is 350 g/mol. The zero-order valence-corrected chi connectivity index (χ0v) is 15.5. The largest absolute Gasteiger partial charge is 0.444 e. The first-order chi connectivity index (χ1) is 11.6. The first kappa shape index (κ1) is 18.8. The van der Waals surface area contributed by atoms with E-state index >= 15 is 0 Å². The van der Waals surface area contributed by atoms with Crippen LogP contribution in [0.1, 0.15) is 31.1 Å². The summed E-state index contributed by atoms with van der Waals surface area (Å²) in [4.78, 5) is 39.9. The highest BCUT2D eigenvalue weighted by atomic mass is 16.6. The van der Waals surface area contributed by atoms with Crippen molar-refractivity contribution in [1.29, 1.82) is 0 Å². The number of hydrogen-bond acceptors (Lipinski definition) is 5. The molecule has 2 heterocycles. The molecule has 0 spiro atoms. The summed E-state index contributed by atoms with van der Waals surface area (Å²) in [5.74, 6) is 0.323. The topological polar surface area (TPSA) is 83.9 Å². The summed E-state index contributed by atoms with van der Waals surface area (Å²) in [6, 6.07) is 3.30. The van der Waals surface area contributed by atoms with Crippen LogP contribution in [0.5, 0.6) is 0 Å². The van der Waals surface area contributed by atoms with Crippen molar-refractivity contribution in [1.82, 2.24) is 14.8 Å². The highest BCUT2D eigenvalue weighted by molar-refractivity contribution is 5.93. The van der Waals surface area contributed by atoms with Gasteiger partial charge in [-0.2, -0.15) is 0 Å². The van der Waals surface area contributed by atoms with Gasteiger partial charge in [0.15, 0.2) is 0 Å². The van der Waals surface area contributed by atoms with E-state index in [1.165, 1.54) is 17.7 Å². The molecule has 8 heteroatoms. The SMILES string of the molecule is CNC(=O)c1ccc(N2CCN(C(=O)OC(C)(C)C)CC2)n(C)c1=O. The molecule has 0 saturated carbocycles. The molecule has 1 saturated heterocycles. The lowest BCUT2D eigenvalue weighted by molar-refractivity contribution is 0.0240. The molecule has 1 aliphatic rings. The molecule has 2 amide bonds. The van der Waals surface area contributed by atoms with Crippen LogP contribution in [0.15, 0.2) is 16.9 Å². The zero-order chi connectivity index (χ0) is 18.8. The predicted octanol–water partition coefficient (Wildman–Crippen LogP) is 0.802. The van der Waals surface area contributed by atoms with Crippen molar-refractivity contribution in [3.63, 3.8) is 0 Å². The Morgan fingerprint density at radius 3 is 2.24 bits per heavy atom. The number of piperazine rings is 1. The fourth-order valence-corrected chi connectivity index (χ4v) is 2.70. The maximum Gasteiger partial charge on any atom is 0.410 e. The number of aromatic nitrogens is 1. The molecule has 1 fully saturated rings.